The van der Waals surface area contributed by atoms with Crippen LogP contribution in [-0.4, -0.2) is 49.0 Å². The van der Waals surface area contributed by atoms with Gasteiger partial charge in [-0.25, -0.2) is 18.4 Å². The molecule has 0 bridgehead atoms. The predicted octanol–water partition coefficient (Wildman–Crippen LogP) is 2.62. The van der Waals surface area contributed by atoms with E-state index in [-0.39, 0.29) is 29.8 Å². The van der Waals surface area contributed by atoms with E-state index in [4.69, 9.17) is 9.47 Å². The van der Waals surface area contributed by atoms with Gasteiger partial charge < -0.3 is 9.47 Å². The van der Waals surface area contributed by atoms with Crippen molar-refractivity contribution in [1.29, 1.82) is 0 Å². The van der Waals surface area contributed by atoms with Crippen LogP contribution in [0.15, 0.2) is 41.6 Å². The van der Waals surface area contributed by atoms with Crippen molar-refractivity contribution in [1.82, 2.24) is 14.3 Å². The number of ether oxygens (including phenoxy) is 2. The second-order valence-corrected chi connectivity index (χ2v) is 9.47. The lowest BCUT2D eigenvalue weighted by Gasteiger charge is -2.20. The van der Waals surface area contributed by atoms with Gasteiger partial charge in [-0.15, -0.1) is 0 Å². The third-order valence-corrected chi connectivity index (χ3v) is 6.45. The zero-order valence-electron chi connectivity index (χ0n) is 16.0. The van der Waals surface area contributed by atoms with Gasteiger partial charge in [-0.2, -0.15) is 4.31 Å². The molecule has 27 heavy (non-hydrogen) atoms. The molecule has 1 atom stereocenters. The molecule has 1 fully saturated rings. The number of methoxy groups -OCH3 is 1. The fourth-order valence-electron chi connectivity index (χ4n) is 2.98. The number of hydrogen-bond donors (Lipinski definition) is 0. The van der Waals surface area contributed by atoms with Crippen molar-refractivity contribution in [3.8, 4) is 11.8 Å². The molecule has 1 unspecified atom stereocenters. The first-order valence-electron chi connectivity index (χ1n) is 8.84. The Morgan fingerprint density at radius 3 is 2.30 bits per heavy atom. The normalized spacial score (nSPS) is 18.4. The number of benzene rings is 1. The second-order valence-electron chi connectivity index (χ2n) is 7.54. The van der Waals surface area contributed by atoms with E-state index in [1.807, 2.05) is 12.1 Å². The highest BCUT2D eigenvalue weighted by Gasteiger charge is 2.34. The van der Waals surface area contributed by atoms with Crippen LogP contribution in [0.1, 0.15) is 32.8 Å². The van der Waals surface area contributed by atoms with Gasteiger partial charge in [0.05, 0.1) is 18.6 Å². The van der Waals surface area contributed by atoms with Crippen molar-refractivity contribution in [2.75, 3.05) is 20.2 Å². The van der Waals surface area contributed by atoms with E-state index in [9.17, 15) is 8.42 Å². The summed E-state index contributed by atoms with van der Waals surface area (Å²) in [7, 11) is -2.07. The first kappa shape index (κ1) is 19.6. The molecule has 3 rings (SSSR count). The van der Waals surface area contributed by atoms with Crippen molar-refractivity contribution in [2.24, 2.45) is 0 Å². The van der Waals surface area contributed by atoms with E-state index in [1.165, 1.54) is 23.8 Å². The summed E-state index contributed by atoms with van der Waals surface area (Å²) < 4.78 is 38.3. The van der Waals surface area contributed by atoms with Gasteiger partial charge in [0.15, 0.2) is 0 Å². The molecule has 2 heterocycles. The first-order chi connectivity index (χ1) is 12.7. The van der Waals surface area contributed by atoms with Crippen LogP contribution in [0, 0.1) is 0 Å². The van der Waals surface area contributed by atoms with Crippen LogP contribution in [0.5, 0.6) is 11.8 Å². The van der Waals surface area contributed by atoms with Gasteiger partial charge in [-0.05, 0) is 29.5 Å². The highest BCUT2D eigenvalue weighted by atomic mass is 32.2. The second kappa shape index (κ2) is 7.44. The fourth-order valence-corrected chi connectivity index (χ4v) is 4.47. The summed E-state index contributed by atoms with van der Waals surface area (Å²) >= 11 is 0. The summed E-state index contributed by atoms with van der Waals surface area (Å²) in [6, 6.07) is 7.11. The number of rotatable bonds is 5. The molecule has 1 aromatic carbocycles. The van der Waals surface area contributed by atoms with Crippen LogP contribution in [-0.2, 0) is 15.4 Å². The monoisotopic (exact) mass is 391 g/mol. The highest BCUT2D eigenvalue weighted by Crippen LogP contribution is 2.28. The predicted molar refractivity (Wildman–Crippen MR) is 102 cm³/mol. The molecule has 146 valence electrons. The average Bonchev–Trinajstić information content (AvgIpc) is 3.11. The molecule has 7 nitrogen and oxygen atoms in total. The van der Waals surface area contributed by atoms with Gasteiger partial charge in [-0.1, -0.05) is 32.9 Å². The van der Waals surface area contributed by atoms with Gasteiger partial charge in [0.25, 0.3) is 11.8 Å². The van der Waals surface area contributed by atoms with Gasteiger partial charge in [0, 0.05) is 18.9 Å². The third kappa shape index (κ3) is 4.22. The Hall–Kier alpha value is -2.19. The molecule has 0 N–H and O–H groups in total. The van der Waals surface area contributed by atoms with Crippen LogP contribution in [0.4, 0.5) is 0 Å². The average molecular weight is 391 g/mol. The minimum atomic E-state index is -3.56. The number of nitrogens with zero attached hydrogens (tertiary/aromatic N) is 3. The van der Waals surface area contributed by atoms with Crippen molar-refractivity contribution < 1.29 is 17.9 Å². The zero-order valence-corrected chi connectivity index (χ0v) is 16.9. The molecule has 1 aliphatic rings. The molecule has 1 aliphatic heterocycles. The number of aromatic nitrogens is 2. The fraction of sp³-hybridized carbons (Fsp3) is 0.474. The van der Waals surface area contributed by atoms with E-state index >= 15 is 0 Å². The molecule has 8 heteroatoms. The lowest BCUT2D eigenvalue weighted by atomic mass is 9.87. The Balaban J connectivity index is 1.72. The van der Waals surface area contributed by atoms with E-state index in [2.05, 4.69) is 30.7 Å². The maximum absolute atomic E-state index is 12.9. The summed E-state index contributed by atoms with van der Waals surface area (Å²) in [5.41, 5.74) is 1.07. The summed E-state index contributed by atoms with van der Waals surface area (Å²) in [5, 5.41) is 0. The molecule has 0 radical (unpaired) electrons. The van der Waals surface area contributed by atoms with E-state index in [1.54, 1.807) is 12.1 Å². The standard InChI is InChI=1S/C19H25N3O4S/c1-19(2,3)14-5-7-16(8-6-14)27(23,24)22-12-9-15(13-22)26-18-17(25-4)20-10-11-21-18/h5-8,10-11,15H,9,12-13H2,1-4H3. The molecule has 0 amide bonds. The Morgan fingerprint density at radius 1 is 1.07 bits per heavy atom. The van der Waals surface area contributed by atoms with Crippen molar-refractivity contribution in [2.45, 2.75) is 43.6 Å². The Kier molecular flexibility index (Phi) is 5.39. The Labute approximate surface area is 160 Å². The van der Waals surface area contributed by atoms with E-state index in [0.29, 0.717) is 17.9 Å². The maximum Gasteiger partial charge on any atom is 0.278 e. The molecule has 1 aromatic heterocycles. The zero-order chi connectivity index (χ0) is 19.7. The largest absolute Gasteiger partial charge is 0.477 e. The maximum atomic E-state index is 12.9. The minimum absolute atomic E-state index is 0.0232. The van der Waals surface area contributed by atoms with Gasteiger partial charge in [0.2, 0.25) is 10.0 Å². The van der Waals surface area contributed by atoms with E-state index in [0.717, 1.165) is 5.56 Å². The summed E-state index contributed by atoms with van der Waals surface area (Å²) in [6.45, 7) is 6.96. The van der Waals surface area contributed by atoms with Gasteiger partial charge >= 0.3 is 0 Å². The van der Waals surface area contributed by atoms with Crippen LogP contribution in [0.25, 0.3) is 0 Å². The van der Waals surface area contributed by atoms with Crippen LogP contribution < -0.4 is 9.47 Å². The van der Waals surface area contributed by atoms with Gasteiger partial charge in [-0.3, -0.25) is 0 Å². The third-order valence-electron chi connectivity index (χ3n) is 4.57. The van der Waals surface area contributed by atoms with Crippen LogP contribution in [0.3, 0.4) is 0 Å². The lowest BCUT2D eigenvalue weighted by molar-refractivity contribution is 0.194. The van der Waals surface area contributed by atoms with E-state index < -0.39 is 10.0 Å². The molecular formula is C19H25N3O4S. The van der Waals surface area contributed by atoms with Crippen molar-refractivity contribution in [3.63, 3.8) is 0 Å². The van der Waals surface area contributed by atoms with Crippen LogP contribution in [0.2, 0.25) is 0 Å². The summed E-state index contributed by atoms with van der Waals surface area (Å²) in [5.74, 6) is 0.565. The molecule has 0 aliphatic carbocycles. The lowest BCUT2D eigenvalue weighted by Crippen LogP contribution is -2.31. The molecule has 0 spiro atoms. The number of hydrogen-bond acceptors (Lipinski definition) is 6. The van der Waals surface area contributed by atoms with Crippen LogP contribution >= 0.6 is 0 Å². The molecular weight excluding hydrogens is 366 g/mol. The van der Waals surface area contributed by atoms with Crippen molar-refractivity contribution >= 4 is 10.0 Å². The summed E-state index contributed by atoms with van der Waals surface area (Å²) in [4.78, 5) is 8.45. The summed E-state index contributed by atoms with van der Waals surface area (Å²) in [6.07, 6.45) is 3.31. The Bertz CT molecular complexity index is 892. The van der Waals surface area contributed by atoms with Crippen molar-refractivity contribution in [3.05, 3.63) is 42.2 Å². The molecule has 0 saturated carbocycles. The molecule has 1 saturated heterocycles. The SMILES string of the molecule is COc1nccnc1OC1CCN(S(=O)(=O)c2ccc(C(C)(C)C)cc2)C1. The molecule has 2 aromatic rings. The first-order valence-corrected chi connectivity index (χ1v) is 10.3. The quantitative estimate of drug-likeness (QED) is 0.779. The topological polar surface area (TPSA) is 81.6 Å². The van der Waals surface area contributed by atoms with Gasteiger partial charge in [0.1, 0.15) is 6.10 Å². The smallest absolute Gasteiger partial charge is 0.278 e. The highest BCUT2D eigenvalue weighted by molar-refractivity contribution is 7.89. The Morgan fingerprint density at radius 2 is 1.70 bits per heavy atom. The minimum Gasteiger partial charge on any atom is -0.477 e. The number of sulfonamides is 1.